The van der Waals surface area contributed by atoms with Crippen LogP contribution in [0, 0.1) is 5.92 Å². The molecule has 1 N–H and O–H groups in total. The third-order valence-electron chi connectivity index (χ3n) is 4.59. The van der Waals surface area contributed by atoms with Crippen molar-refractivity contribution >= 4 is 22.4 Å². The summed E-state index contributed by atoms with van der Waals surface area (Å²) < 4.78 is 4.15. The number of β-amino-alcohol motifs (C(OH)–C–C–N with tert-alkyl or cyclic N) is 1. The number of rotatable bonds is 4. The van der Waals surface area contributed by atoms with E-state index in [0.29, 0.717) is 0 Å². The fourth-order valence-corrected chi connectivity index (χ4v) is 3.98. The quantitative estimate of drug-likeness (QED) is 0.801. The van der Waals surface area contributed by atoms with Gasteiger partial charge in [-0.3, -0.25) is 9.88 Å². The number of aliphatic hydroxyl groups excluding tert-OH is 1. The predicted octanol–water partition coefficient (Wildman–Crippen LogP) is 2.73. The maximum atomic E-state index is 10.5. The Labute approximate surface area is 139 Å². The Morgan fingerprint density at radius 1 is 1.22 bits per heavy atom. The number of benzene rings is 1. The van der Waals surface area contributed by atoms with Crippen molar-refractivity contribution in [3.05, 3.63) is 59.2 Å². The molecule has 1 saturated heterocycles. The number of likely N-dealkylation sites (tertiary alicyclic amines) is 1. The monoisotopic (exact) mass is 325 g/mol. The van der Waals surface area contributed by atoms with Crippen LogP contribution in [0.1, 0.15) is 11.1 Å². The molecule has 0 amide bonds. The summed E-state index contributed by atoms with van der Waals surface area (Å²) in [5, 5.41) is 13.7. The Kier molecular flexibility index (Phi) is 4.08. The molecule has 2 atom stereocenters. The van der Waals surface area contributed by atoms with Crippen LogP contribution in [0.4, 0.5) is 0 Å². The van der Waals surface area contributed by atoms with Crippen molar-refractivity contribution in [2.45, 2.75) is 19.1 Å². The molecule has 0 radical (unpaired) electrons. The number of hydrogen-bond acceptors (Lipinski definition) is 5. The van der Waals surface area contributed by atoms with E-state index in [9.17, 15) is 5.11 Å². The number of fused-ring (bicyclic) bond motifs is 1. The van der Waals surface area contributed by atoms with E-state index >= 15 is 0 Å². The number of aliphatic hydroxyl groups is 1. The first-order valence-corrected chi connectivity index (χ1v) is 8.74. The van der Waals surface area contributed by atoms with Gasteiger partial charge in [0.05, 0.1) is 11.6 Å². The van der Waals surface area contributed by atoms with Gasteiger partial charge in [-0.25, -0.2) is 4.37 Å². The van der Waals surface area contributed by atoms with E-state index in [2.05, 4.69) is 37.8 Å². The molecular weight excluding hydrogens is 306 g/mol. The second kappa shape index (κ2) is 6.35. The van der Waals surface area contributed by atoms with Gasteiger partial charge in [0.1, 0.15) is 0 Å². The van der Waals surface area contributed by atoms with Gasteiger partial charge in [0.15, 0.2) is 0 Å². The molecule has 4 nitrogen and oxygen atoms in total. The Balaban J connectivity index is 1.50. The molecule has 23 heavy (non-hydrogen) atoms. The molecule has 1 aliphatic rings. The van der Waals surface area contributed by atoms with Gasteiger partial charge < -0.3 is 5.11 Å². The van der Waals surface area contributed by atoms with Crippen molar-refractivity contribution in [1.29, 1.82) is 0 Å². The largest absolute Gasteiger partial charge is 0.391 e. The molecule has 4 rings (SSSR count). The van der Waals surface area contributed by atoms with E-state index in [0.717, 1.165) is 31.6 Å². The minimum atomic E-state index is -0.270. The van der Waals surface area contributed by atoms with E-state index in [1.807, 2.05) is 24.5 Å². The van der Waals surface area contributed by atoms with Crippen molar-refractivity contribution in [1.82, 2.24) is 14.3 Å². The molecule has 2 aromatic heterocycles. The molecule has 1 aromatic carbocycles. The molecule has 118 valence electrons. The number of nitrogens with zero attached hydrogens (tertiary/aromatic N) is 3. The van der Waals surface area contributed by atoms with Crippen LogP contribution in [0.25, 0.3) is 10.9 Å². The highest BCUT2D eigenvalue weighted by molar-refractivity contribution is 7.03. The minimum absolute atomic E-state index is 0.270. The zero-order chi connectivity index (χ0) is 15.6. The molecule has 0 unspecified atom stereocenters. The molecule has 0 spiro atoms. The molecular formula is C18H19N3OS. The zero-order valence-corrected chi connectivity index (χ0v) is 13.6. The summed E-state index contributed by atoms with van der Waals surface area (Å²) >= 11 is 1.48. The molecule has 0 bridgehead atoms. The molecule has 5 heteroatoms. The van der Waals surface area contributed by atoms with Gasteiger partial charge in [-0.05, 0) is 41.2 Å². The lowest BCUT2D eigenvalue weighted by Crippen LogP contribution is -2.21. The number of pyridine rings is 1. The van der Waals surface area contributed by atoms with Crippen molar-refractivity contribution in [2.24, 2.45) is 5.92 Å². The highest BCUT2D eigenvalue weighted by atomic mass is 32.1. The third kappa shape index (κ3) is 3.13. The van der Waals surface area contributed by atoms with E-state index in [1.165, 1.54) is 28.0 Å². The van der Waals surface area contributed by atoms with Gasteiger partial charge in [-0.1, -0.05) is 18.2 Å². The lowest BCUT2D eigenvalue weighted by Gasteiger charge is -2.15. The van der Waals surface area contributed by atoms with Crippen LogP contribution in [-0.4, -0.2) is 38.6 Å². The highest BCUT2D eigenvalue weighted by Gasteiger charge is 2.31. The zero-order valence-electron chi connectivity index (χ0n) is 12.8. The Morgan fingerprint density at radius 3 is 3.00 bits per heavy atom. The van der Waals surface area contributed by atoms with Crippen molar-refractivity contribution < 1.29 is 5.11 Å². The van der Waals surface area contributed by atoms with Gasteiger partial charge in [0, 0.05) is 48.7 Å². The number of para-hydroxylation sites is 1. The average Bonchev–Trinajstić information content (AvgIpc) is 3.18. The first-order chi connectivity index (χ1) is 11.3. The number of aromatic nitrogens is 2. The van der Waals surface area contributed by atoms with E-state index in [-0.39, 0.29) is 12.0 Å². The maximum absolute atomic E-state index is 10.5. The van der Waals surface area contributed by atoms with Gasteiger partial charge >= 0.3 is 0 Å². The van der Waals surface area contributed by atoms with Crippen LogP contribution in [0.3, 0.4) is 0 Å². The topological polar surface area (TPSA) is 49.2 Å². The highest BCUT2D eigenvalue weighted by Crippen LogP contribution is 2.26. The second-order valence-electron chi connectivity index (χ2n) is 6.25. The van der Waals surface area contributed by atoms with Crippen LogP contribution in [0.5, 0.6) is 0 Å². The Bertz CT molecular complexity index is 785. The van der Waals surface area contributed by atoms with Gasteiger partial charge in [-0.15, -0.1) is 0 Å². The second-order valence-corrected chi connectivity index (χ2v) is 6.90. The fraction of sp³-hybridized carbons (Fsp3) is 0.333. The molecule has 3 heterocycles. The van der Waals surface area contributed by atoms with Gasteiger partial charge in [0.2, 0.25) is 0 Å². The standard InChI is InChI=1S/C18H19N3OS/c22-18-11-21(9-13-8-20-23-12-13)10-15(18)7-14-5-6-19-17-4-2-1-3-16(14)17/h1-6,8,12,15,18,22H,7,9-11H2/t15-,18-/m1/s1. The summed E-state index contributed by atoms with van der Waals surface area (Å²) in [5.41, 5.74) is 3.54. The minimum Gasteiger partial charge on any atom is -0.391 e. The number of hydrogen-bond donors (Lipinski definition) is 1. The van der Waals surface area contributed by atoms with Crippen molar-refractivity contribution in [3.63, 3.8) is 0 Å². The molecule has 0 saturated carbocycles. The molecule has 1 aliphatic heterocycles. The van der Waals surface area contributed by atoms with E-state index < -0.39 is 0 Å². The first kappa shape index (κ1) is 14.8. The maximum Gasteiger partial charge on any atom is 0.0710 e. The van der Waals surface area contributed by atoms with Crippen LogP contribution in [0.15, 0.2) is 48.1 Å². The molecule has 0 aliphatic carbocycles. The average molecular weight is 325 g/mol. The smallest absolute Gasteiger partial charge is 0.0710 e. The summed E-state index contributed by atoms with van der Waals surface area (Å²) in [6, 6.07) is 10.3. The summed E-state index contributed by atoms with van der Waals surface area (Å²) in [6.07, 6.45) is 4.41. The van der Waals surface area contributed by atoms with Crippen LogP contribution in [0.2, 0.25) is 0 Å². The first-order valence-electron chi connectivity index (χ1n) is 7.91. The SMILES string of the molecule is O[C@@H]1CN(Cc2cnsc2)C[C@H]1Cc1ccnc2ccccc12. The summed E-state index contributed by atoms with van der Waals surface area (Å²) in [4.78, 5) is 6.74. The molecule has 3 aromatic rings. The third-order valence-corrected chi connectivity index (χ3v) is 5.23. The van der Waals surface area contributed by atoms with E-state index in [1.54, 1.807) is 0 Å². The van der Waals surface area contributed by atoms with E-state index in [4.69, 9.17) is 0 Å². The normalized spacial score (nSPS) is 22.0. The summed E-state index contributed by atoms with van der Waals surface area (Å²) in [5.74, 6) is 0.271. The lowest BCUT2D eigenvalue weighted by atomic mass is 9.94. The van der Waals surface area contributed by atoms with Crippen LogP contribution >= 0.6 is 11.5 Å². The fourth-order valence-electron chi connectivity index (χ4n) is 3.45. The Hall–Kier alpha value is -1.82. The molecule has 1 fully saturated rings. The van der Waals surface area contributed by atoms with Crippen molar-refractivity contribution in [2.75, 3.05) is 13.1 Å². The van der Waals surface area contributed by atoms with Crippen molar-refractivity contribution in [3.8, 4) is 0 Å². The lowest BCUT2D eigenvalue weighted by molar-refractivity contribution is 0.141. The van der Waals surface area contributed by atoms with Gasteiger partial charge in [-0.2, -0.15) is 0 Å². The predicted molar refractivity (Wildman–Crippen MR) is 92.3 cm³/mol. The Morgan fingerprint density at radius 2 is 2.13 bits per heavy atom. The van der Waals surface area contributed by atoms with Crippen LogP contribution < -0.4 is 0 Å². The van der Waals surface area contributed by atoms with Gasteiger partial charge in [0.25, 0.3) is 0 Å². The summed E-state index contributed by atoms with van der Waals surface area (Å²) in [6.45, 7) is 2.54. The van der Waals surface area contributed by atoms with Crippen LogP contribution in [-0.2, 0) is 13.0 Å². The summed E-state index contributed by atoms with van der Waals surface area (Å²) in [7, 11) is 0.